The van der Waals surface area contributed by atoms with E-state index in [4.69, 9.17) is 15.2 Å². The monoisotopic (exact) mass is 220 g/mol. The van der Waals surface area contributed by atoms with Crippen LogP contribution in [0.2, 0.25) is 0 Å². The van der Waals surface area contributed by atoms with Gasteiger partial charge in [0.25, 0.3) is 0 Å². The number of primary amides is 1. The van der Waals surface area contributed by atoms with Crippen LogP contribution in [-0.2, 0) is 14.3 Å². The van der Waals surface area contributed by atoms with Crippen molar-refractivity contribution in [3.05, 3.63) is 0 Å². The van der Waals surface area contributed by atoms with Crippen LogP contribution in [0.15, 0.2) is 0 Å². The van der Waals surface area contributed by atoms with Gasteiger partial charge in [-0.15, -0.1) is 0 Å². The van der Waals surface area contributed by atoms with Gasteiger partial charge >= 0.3 is 0 Å². The largest absolute Gasteiger partial charge is 0.389 e. The zero-order valence-electron chi connectivity index (χ0n) is 9.07. The average molecular weight is 220 g/mol. The highest BCUT2D eigenvalue weighted by Gasteiger charge is 2.03. The molecule has 0 aliphatic rings. The normalized spacial score (nSPS) is 12.7. The number of carbonyl (C=O) groups is 1. The summed E-state index contributed by atoms with van der Waals surface area (Å²) in [6.45, 7) is 2.11. The van der Waals surface area contributed by atoms with Gasteiger partial charge in [-0.1, -0.05) is 0 Å². The summed E-state index contributed by atoms with van der Waals surface area (Å²) in [5.74, 6) is -0.353. The molecule has 0 heterocycles. The molecule has 0 rings (SSSR count). The van der Waals surface area contributed by atoms with Crippen LogP contribution in [0, 0.1) is 0 Å². The molecule has 4 N–H and O–H groups in total. The van der Waals surface area contributed by atoms with Crippen molar-refractivity contribution in [1.82, 2.24) is 5.32 Å². The Morgan fingerprint density at radius 3 is 2.87 bits per heavy atom. The molecular formula is C9H20N2O4. The lowest BCUT2D eigenvalue weighted by atomic mass is 10.3. The first kappa shape index (κ1) is 14.3. The Morgan fingerprint density at radius 2 is 2.27 bits per heavy atom. The molecule has 0 aliphatic heterocycles. The SMILES string of the molecule is COCCOCC(O)CNCCC(N)=O. The van der Waals surface area contributed by atoms with E-state index in [1.165, 1.54) is 0 Å². The van der Waals surface area contributed by atoms with Crippen LogP contribution in [0.25, 0.3) is 0 Å². The minimum Gasteiger partial charge on any atom is -0.389 e. The maximum Gasteiger partial charge on any atom is 0.218 e. The van der Waals surface area contributed by atoms with E-state index >= 15 is 0 Å². The number of amides is 1. The molecule has 6 nitrogen and oxygen atoms in total. The number of nitrogens with one attached hydrogen (secondary N) is 1. The van der Waals surface area contributed by atoms with Gasteiger partial charge < -0.3 is 25.6 Å². The van der Waals surface area contributed by atoms with Crippen LogP contribution in [0.3, 0.4) is 0 Å². The number of methoxy groups -OCH3 is 1. The van der Waals surface area contributed by atoms with E-state index in [0.717, 1.165) is 0 Å². The van der Waals surface area contributed by atoms with Crippen LogP contribution in [0.5, 0.6) is 0 Å². The number of hydrogen-bond acceptors (Lipinski definition) is 5. The number of carbonyl (C=O) groups excluding carboxylic acids is 1. The molecule has 0 bridgehead atoms. The highest BCUT2D eigenvalue weighted by atomic mass is 16.5. The number of rotatable bonds is 10. The van der Waals surface area contributed by atoms with E-state index in [2.05, 4.69) is 5.32 Å². The van der Waals surface area contributed by atoms with Gasteiger partial charge in [0.15, 0.2) is 0 Å². The fraction of sp³-hybridized carbons (Fsp3) is 0.889. The van der Waals surface area contributed by atoms with Crippen LogP contribution in [0.1, 0.15) is 6.42 Å². The Labute approximate surface area is 89.7 Å². The summed E-state index contributed by atoms with van der Waals surface area (Å²) in [6, 6.07) is 0. The lowest BCUT2D eigenvalue weighted by molar-refractivity contribution is -0.117. The molecule has 6 heteroatoms. The first-order valence-electron chi connectivity index (χ1n) is 4.90. The molecule has 0 fully saturated rings. The van der Waals surface area contributed by atoms with E-state index in [0.29, 0.717) is 26.3 Å². The van der Waals surface area contributed by atoms with E-state index in [1.807, 2.05) is 0 Å². The molecule has 0 aromatic rings. The Hall–Kier alpha value is -0.690. The van der Waals surface area contributed by atoms with Crippen LogP contribution in [0.4, 0.5) is 0 Å². The van der Waals surface area contributed by atoms with Gasteiger partial charge in [-0.3, -0.25) is 4.79 Å². The van der Waals surface area contributed by atoms with Crippen molar-refractivity contribution in [1.29, 1.82) is 0 Å². The molecule has 0 radical (unpaired) electrons. The van der Waals surface area contributed by atoms with E-state index < -0.39 is 6.10 Å². The quantitative estimate of drug-likeness (QED) is 0.389. The van der Waals surface area contributed by atoms with Gasteiger partial charge in [-0.25, -0.2) is 0 Å². The van der Waals surface area contributed by atoms with Gasteiger partial charge in [-0.2, -0.15) is 0 Å². The Morgan fingerprint density at radius 1 is 1.53 bits per heavy atom. The summed E-state index contributed by atoms with van der Waals surface area (Å²) >= 11 is 0. The predicted molar refractivity (Wildman–Crippen MR) is 55.4 cm³/mol. The average Bonchev–Trinajstić information content (AvgIpc) is 2.19. The highest BCUT2D eigenvalue weighted by Crippen LogP contribution is 1.84. The van der Waals surface area contributed by atoms with E-state index in [-0.39, 0.29) is 18.9 Å². The van der Waals surface area contributed by atoms with E-state index in [9.17, 15) is 9.90 Å². The van der Waals surface area contributed by atoms with Gasteiger partial charge in [0, 0.05) is 26.6 Å². The minimum atomic E-state index is -0.574. The molecule has 90 valence electrons. The molecule has 0 aromatic heterocycles. The van der Waals surface area contributed by atoms with Gasteiger partial charge in [-0.05, 0) is 0 Å². The number of ether oxygens (including phenoxy) is 2. The van der Waals surface area contributed by atoms with Crippen molar-refractivity contribution < 1.29 is 19.4 Å². The second kappa shape index (κ2) is 9.85. The van der Waals surface area contributed by atoms with Crippen LogP contribution in [-0.4, -0.2) is 57.1 Å². The molecule has 0 aromatic carbocycles. The summed E-state index contributed by atoms with van der Waals surface area (Å²) in [6.07, 6.45) is -0.299. The van der Waals surface area contributed by atoms with Crippen LogP contribution < -0.4 is 11.1 Å². The third-order valence-electron chi connectivity index (χ3n) is 1.67. The maximum absolute atomic E-state index is 10.4. The summed E-state index contributed by atoms with van der Waals surface area (Å²) in [7, 11) is 1.59. The molecular weight excluding hydrogens is 200 g/mol. The third kappa shape index (κ3) is 11.2. The smallest absolute Gasteiger partial charge is 0.218 e. The molecule has 0 aliphatic carbocycles. The van der Waals surface area contributed by atoms with Crippen molar-refractivity contribution in [3.63, 3.8) is 0 Å². The molecule has 15 heavy (non-hydrogen) atoms. The third-order valence-corrected chi connectivity index (χ3v) is 1.67. The second-order valence-electron chi connectivity index (χ2n) is 3.14. The first-order chi connectivity index (χ1) is 7.16. The van der Waals surface area contributed by atoms with Crippen LogP contribution >= 0.6 is 0 Å². The summed E-state index contributed by atoms with van der Waals surface area (Å²) in [5.41, 5.74) is 4.94. The fourth-order valence-electron chi connectivity index (χ4n) is 0.901. The molecule has 1 atom stereocenters. The summed E-state index contributed by atoms with van der Waals surface area (Å²) in [5, 5.41) is 12.3. The molecule has 0 saturated heterocycles. The molecule has 1 amide bonds. The first-order valence-corrected chi connectivity index (χ1v) is 4.90. The van der Waals surface area contributed by atoms with Gasteiger partial charge in [0.1, 0.15) is 0 Å². The Bertz CT molecular complexity index is 166. The summed E-state index contributed by atoms with van der Waals surface area (Å²) in [4.78, 5) is 10.4. The Balaban J connectivity index is 3.18. The predicted octanol–water partition coefficient (Wildman–Crippen LogP) is -1.52. The molecule has 0 spiro atoms. The highest BCUT2D eigenvalue weighted by molar-refractivity contribution is 5.73. The fourth-order valence-corrected chi connectivity index (χ4v) is 0.901. The van der Waals surface area contributed by atoms with Crippen molar-refractivity contribution in [2.45, 2.75) is 12.5 Å². The maximum atomic E-state index is 10.4. The van der Waals surface area contributed by atoms with Gasteiger partial charge in [0.05, 0.1) is 25.9 Å². The number of aliphatic hydroxyl groups excluding tert-OH is 1. The molecule has 0 saturated carbocycles. The number of hydrogen-bond donors (Lipinski definition) is 3. The molecule has 1 unspecified atom stereocenters. The Kier molecular flexibility index (Phi) is 9.40. The lowest BCUT2D eigenvalue weighted by Crippen LogP contribution is -2.32. The van der Waals surface area contributed by atoms with E-state index in [1.54, 1.807) is 7.11 Å². The van der Waals surface area contributed by atoms with Crippen molar-refractivity contribution in [3.8, 4) is 0 Å². The zero-order chi connectivity index (χ0) is 11.5. The van der Waals surface area contributed by atoms with Crippen molar-refractivity contribution in [2.24, 2.45) is 5.73 Å². The minimum absolute atomic E-state index is 0.257. The second-order valence-corrected chi connectivity index (χ2v) is 3.14. The standard InChI is InChI=1S/C9H20N2O4/c1-14-4-5-15-7-8(12)6-11-3-2-9(10)13/h8,11-12H,2-7H2,1H3,(H2,10,13). The van der Waals surface area contributed by atoms with Gasteiger partial charge in [0.2, 0.25) is 5.91 Å². The van der Waals surface area contributed by atoms with Crippen molar-refractivity contribution >= 4 is 5.91 Å². The zero-order valence-corrected chi connectivity index (χ0v) is 9.07. The number of aliphatic hydroxyl groups is 1. The topological polar surface area (TPSA) is 93.8 Å². The summed E-state index contributed by atoms with van der Waals surface area (Å²) < 4.78 is 9.88. The number of nitrogens with two attached hydrogens (primary N) is 1. The van der Waals surface area contributed by atoms with Crippen molar-refractivity contribution in [2.75, 3.05) is 40.0 Å². The lowest BCUT2D eigenvalue weighted by Gasteiger charge is -2.11.